The number of imide groups is 1. The molecule has 8 heteroatoms. The number of carbonyl (C=O) groups excluding carboxylic acids is 3. The molecule has 178 valence electrons. The molecule has 0 unspecified atom stereocenters. The summed E-state index contributed by atoms with van der Waals surface area (Å²) in [5, 5.41) is 0. The van der Waals surface area contributed by atoms with Gasteiger partial charge in [0.15, 0.2) is 6.10 Å². The highest BCUT2D eigenvalue weighted by Crippen LogP contribution is 2.33. The molecule has 3 aromatic rings. The van der Waals surface area contributed by atoms with Crippen LogP contribution in [-0.2, 0) is 11.3 Å². The van der Waals surface area contributed by atoms with Crippen molar-refractivity contribution in [3.05, 3.63) is 89.7 Å². The summed E-state index contributed by atoms with van der Waals surface area (Å²) in [7, 11) is 0. The summed E-state index contributed by atoms with van der Waals surface area (Å²) in [6.45, 7) is 4.01. The Hall–Kier alpha value is -4.20. The molecule has 5 rings (SSSR count). The lowest BCUT2D eigenvalue weighted by molar-refractivity contribution is -0.138. The van der Waals surface area contributed by atoms with Gasteiger partial charge in [0, 0.05) is 32.4 Å². The van der Waals surface area contributed by atoms with Crippen molar-refractivity contribution in [3.8, 4) is 5.75 Å². The van der Waals surface area contributed by atoms with Crippen molar-refractivity contribution < 1.29 is 19.1 Å². The van der Waals surface area contributed by atoms with Gasteiger partial charge in [0.05, 0.1) is 29.1 Å². The van der Waals surface area contributed by atoms with Gasteiger partial charge in [-0.2, -0.15) is 0 Å². The standard InChI is InChI=1S/C27H26N4O4/c1-19(35-21-9-3-2-4-10-21)25(32)30-16-14-29(15-17-30)23-12-7-11-22-24(23)27(34)31(26(22)33)18-20-8-5-6-13-28-20/h2-13,19H,14-18H2,1H3/t19-/m1/s1. The van der Waals surface area contributed by atoms with Crippen LogP contribution in [0, 0.1) is 0 Å². The van der Waals surface area contributed by atoms with Gasteiger partial charge in [-0.15, -0.1) is 0 Å². The first-order chi connectivity index (χ1) is 17.0. The molecule has 1 fully saturated rings. The van der Waals surface area contributed by atoms with Crippen molar-refractivity contribution in [2.75, 3.05) is 31.1 Å². The summed E-state index contributed by atoms with van der Waals surface area (Å²) in [4.78, 5) is 48.6. The molecule has 0 saturated carbocycles. The molecule has 1 saturated heterocycles. The third-order valence-electron chi connectivity index (χ3n) is 6.36. The van der Waals surface area contributed by atoms with Crippen LogP contribution in [0.25, 0.3) is 0 Å². The lowest BCUT2D eigenvalue weighted by Gasteiger charge is -2.37. The smallest absolute Gasteiger partial charge is 0.264 e. The third-order valence-corrected chi connectivity index (χ3v) is 6.36. The van der Waals surface area contributed by atoms with E-state index in [1.165, 1.54) is 4.90 Å². The van der Waals surface area contributed by atoms with Crippen molar-refractivity contribution in [3.63, 3.8) is 0 Å². The summed E-state index contributed by atoms with van der Waals surface area (Å²) >= 11 is 0. The molecule has 0 radical (unpaired) electrons. The lowest BCUT2D eigenvalue weighted by atomic mass is 10.1. The highest BCUT2D eigenvalue weighted by atomic mass is 16.5. The maximum absolute atomic E-state index is 13.3. The fourth-order valence-corrected chi connectivity index (χ4v) is 4.55. The molecule has 1 atom stereocenters. The zero-order valence-corrected chi connectivity index (χ0v) is 19.5. The minimum atomic E-state index is -0.593. The number of rotatable bonds is 6. The number of benzene rings is 2. The van der Waals surface area contributed by atoms with Crippen LogP contribution in [0.5, 0.6) is 5.75 Å². The monoisotopic (exact) mass is 470 g/mol. The second kappa shape index (κ2) is 9.58. The number of hydrogen-bond acceptors (Lipinski definition) is 6. The molecule has 2 aliphatic heterocycles. The molecule has 8 nitrogen and oxygen atoms in total. The SMILES string of the molecule is C[C@@H](Oc1ccccc1)C(=O)N1CCN(c2cccc3c2C(=O)N(Cc2ccccn2)C3=O)CC1. The van der Waals surface area contributed by atoms with Gasteiger partial charge in [0.25, 0.3) is 17.7 Å². The highest BCUT2D eigenvalue weighted by Gasteiger charge is 2.39. The van der Waals surface area contributed by atoms with Gasteiger partial charge in [-0.25, -0.2) is 0 Å². The molecule has 3 amide bonds. The van der Waals surface area contributed by atoms with Crippen molar-refractivity contribution in [1.82, 2.24) is 14.8 Å². The van der Waals surface area contributed by atoms with Gasteiger partial charge >= 0.3 is 0 Å². The highest BCUT2D eigenvalue weighted by molar-refractivity contribution is 6.23. The van der Waals surface area contributed by atoms with Crippen LogP contribution in [0.3, 0.4) is 0 Å². The third kappa shape index (κ3) is 4.47. The number of pyridine rings is 1. The number of hydrogen-bond donors (Lipinski definition) is 0. The van der Waals surface area contributed by atoms with E-state index in [0.29, 0.717) is 48.7 Å². The second-order valence-electron chi connectivity index (χ2n) is 8.60. The molecular weight excluding hydrogens is 444 g/mol. The molecule has 0 bridgehead atoms. The average molecular weight is 471 g/mol. The minimum Gasteiger partial charge on any atom is -0.481 e. The largest absolute Gasteiger partial charge is 0.481 e. The Morgan fingerprint density at radius 2 is 1.66 bits per heavy atom. The number of piperazine rings is 1. The van der Waals surface area contributed by atoms with E-state index in [2.05, 4.69) is 9.88 Å². The van der Waals surface area contributed by atoms with Gasteiger partial charge in [0.2, 0.25) is 0 Å². The first-order valence-electron chi connectivity index (χ1n) is 11.7. The normalized spacial score (nSPS) is 16.3. The maximum Gasteiger partial charge on any atom is 0.264 e. The topological polar surface area (TPSA) is 83.1 Å². The number of para-hydroxylation sites is 1. The van der Waals surface area contributed by atoms with E-state index in [1.807, 2.05) is 42.5 Å². The second-order valence-corrected chi connectivity index (χ2v) is 8.60. The van der Waals surface area contributed by atoms with E-state index in [0.717, 1.165) is 5.69 Å². The van der Waals surface area contributed by atoms with E-state index in [1.54, 1.807) is 42.3 Å². The van der Waals surface area contributed by atoms with Gasteiger partial charge in [-0.3, -0.25) is 24.3 Å². The first-order valence-corrected chi connectivity index (χ1v) is 11.7. The number of amides is 3. The quantitative estimate of drug-likeness (QED) is 0.515. The predicted octanol–water partition coefficient (Wildman–Crippen LogP) is 2.99. The molecule has 2 aromatic carbocycles. The first kappa shape index (κ1) is 22.6. The summed E-state index contributed by atoms with van der Waals surface area (Å²) < 4.78 is 5.79. The van der Waals surface area contributed by atoms with Gasteiger partial charge in [0.1, 0.15) is 5.75 Å². The zero-order valence-electron chi connectivity index (χ0n) is 19.5. The van der Waals surface area contributed by atoms with Crippen molar-refractivity contribution in [2.24, 2.45) is 0 Å². The Morgan fingerprint density at radius 3 is 2.37 bits per heavy atom. The van der Waals surface area contributed by atoms with Crippen LogP contribution in [-0.4, -0.2) is 64.8 Å². The van der Waals surface area contributed by atoms with Crippen LogP contribution in [0.1, 0.15) is 33.3 Å². The molecular formula is C27H26N4O4. The van der Waals surface area contributed by atoms with Crippen LogP contribution in [0.15, 0.2) is 72.9 Å². The minimum absolute atomic E-state index is 0.0698. The van der Waals surface area contributed by atoms with Crippen LogP contribution >= 0.6 is 0 Å². The Balaban J connectivity index is 1.27. The van der Waals surface area contributed by atoms with E-state index < -0.39 is 6.10 Å². The van der Waals surface area contributed by atoms with Gasteiger partial charge in [-0.1, -0.05) is 30.3 Å². The number of nitrogens with zero attached hydrogens (tertiary/aromatic N) is 4. The van der Waals surface area contributed by atoms with Crippen molar-refractivity contribution >= 4 is 23.4 Å². The number of ether oxygens (including phenoxy) is 1. The number of anilines is 1. The van der Waals surface area contributed by atoms with E-state index >= 15 is 0 Å². The lowest BCUT2D eigenvalue weighted by Crippen LogP contribution is -2.52. The summed E-state index contributed by atoms with van der Waals surface area (Å²) in [6, 6.07) is 20.1. The van der Waals surface area contributed by atoms with E-state index in [9.17, 15) is 14.4 Å². The van der Waals surface area contributed by atoms with Gasteiger partial charge < -0.3 is 14.5 Å². The molecule has 35 heavy (non-hydrogen) atoms. The Morgan fingerprint density at radius 1 is 0.914 bits per heavy atom. The molecule has 0 N–H and O–H groups in total. The van der Waals surface area contributed by atoms with Gasteiger partial charge in [-0.05, 0) is 43.3 Å². The Kier molecular flexibility index (Phi) is 6.18. The molecule has 1 aromatic heterocycles. The number of fused-ring (bicyclic) bond motifs is 1. The maximum atomic E-state index is 13.3. The van der Waals surface area contributed by atoms with Crippen LogP contribution in [0.4, 0.5) is 5.69 Å². The average Bonchev–Trinajstić information content (AvgIpc) is 3.14. The molecule has 3 heterocycles. The van der Waals surface area contributed by atoms with Crippen LogP contribution < -0.4 is 9.64 Å². The van der Waals surface area contributed by atoms with Crippen molar-refractivity contribution in [1.29, 1.82) is 0 Å². The Bertz CT molecular complexity index is 1240. The number of carbonyl (C=O) groups is 3. The Labute approximate surface area is 203 Å². The predicted molar refractivity (Wildman–Crippen MR) is 130 cm³/mol. The fraction of sp³-hybridized carbons (Fsp3) is 0.259. The zero-order chi connectivity index (χ0) is 24.4. The number of aromatic nitrogens is 1. The van der Waals surface area contributed by atoms with E-state index in [4.69, 9.17) is 4.74 Å². The summed E-state index contributed by atoms with van der Waals surface area (Å²) in [5.74, 6) is -0.0299. The summed E-state index contributed by atoms with van der Waals surface area (Å²) in [5.41, 5.74) is 2.22. The van der Waals surface area contributed by atoms with Crippen molar-refractivity contribution in [2.45, 2.75) is 19.6 Å². The molecule has 2 aliphatic rings. The summed E-state index contributed by atoms with van der Waals surface area (Å²) in [6.07, 6.45) is 1.05. The van der Waals surface area contributed by atoms with Crippen LogP contribution in [0.2, 0.25) is 0 Å². The van der Waals surface area contributed by atoms with E-state index in [-0.39, 0.29) is 24.3 Å². The fourth-order valence-electron chi connectivity index (χ4n) is 4.55. The molecule has 0 aliphatic carbocycles. The molecule has 0 spiro atoms.